The molecule has 1 atom stereocenters. The van der Waals surface area contributed by atoms with Gasteiger partial charge in [0.1, 0.15) is 6.61 Å². The van der Waals surface area contributed by atoms with Crippen LogP contribution < -0.4 is 19.5 Å². The summed E-state index contributed by atoms with van der Waals surface area (Å²) in [6.45, 7) is 1.87. The molecule has 30 heavy (non-hydrogen) atoms. The lowest BCUT2D eigenvalue weighted by Crippen LogP contribution is -2.48. The lowest BCUT2D eigenvalue weighted by molar-refractivity contribution is -0.111. The van der Waals surface area contributed by atoms with E-state index in [1.54, 1.807) is 0 Å². The van der Waals surface area contributed by atoms with Gasteiger partial charge in [-0.2, -0.15) is 0 Å². The molecule has 162 valence electrons. The van der Waals surface area contributed by atoms with Gasteiger partial charge in [-0.15, -0.1) is 0 Å². The SMILES string of the molecule is CCC(COC(=O)c1cc(OC)c(OC)c(OC)c1)(NCC(=O)Cl)c1ccccc1. The first-order chi connectivity index (χ1) is 14.4. The Balaban J connectivity index is 2.30. The number of hydrogen-bond donors (Lipinski definition) is 1. The number of methoxy groups -OCH3 is 3. The Morgan fingerprint density at radius 3 is 2.07 bits per heavy atom. The van der Waals surface area contributed by atoms with Gasteiger partial charge >= 0.3 is 5.97 Å². The average Bonchev–Trinajstić information content (AvgIpc) is 2.78. The van der Waals surface area contributed by atoms with E-state index in [4.69, 9.17) is 30.5 Å². The Morgan fingerprint density at radius 2 is 1.60 bits per heavy atom. The van der Waals surface area contributed by atoms with Crippen LogP contribution in [0.4, 0.5) is 0 Å². The lowest BCUT2D eigenvalue weighted by atomic mass is 9.88. The second kappa shape index (κ2) is 10.8. The second-order valence-corrected chi connectivity index (χ2v) is 6.92. The number of halogens is 1. The molecule has 1 N–H and O–H groups in total. The molecular formula is C22H26ClNO6. The van der Waals surface area contributed by atoms with Gasteiger partial charge in [-0.25, -0.2) is 4.79 Å². The standard InChI is InChI=1S/C22H26ClNO6/c1-5-22(24-13-19(23)25,16-9-7-6-8-10-16)14-30-21(26)15-11-17(27-2)20(29-4)18(12-15)28-3/h6-12,24H,5,13-14H2,1-4H3. The number of hydrogen-bond acceptors (Lipinski definition) is 7. The summed E-state index contributed by atoms with van der Waals surface area (Å²) in [4.78, 5) is 24.2. The maximum Gasteiger partial charge on any atom is 0.338 e. The van der Waals surface area contributed by atoms with Crippen molar-refractivity contribution in [1.82, 2.24) is 5.32 Å². The van der Waals surface area contributed by atoms with Crippen molar-refractivity contribution >= 4 is 22.8 Å². The molecule has 7 nitrogen and oxygen atoms in total. The highest BCUT2D eigenvalue weighted by Gasteiger charge is 2.32. The molecule has 8 heteroatoms. The van der Waals surface area contributed by atoms with E-state index in [1.807, 2.05) is 37.3 Å². The number of rotatable bonds is 11. The van der Waals surface area contributed by atoms with E-state index in [-0.39, 0.29) is 18.7 Å². The third-order valence-corrected chi connectivity index (χ3v) is 4.98. The van der Waals surface area contributed by atoms with E-state index >= 15 is 0 Å². The number of nitrogens with one attached hydrogen (secondary N) is 1. The number of carbonyl (C=O) groups excluding carboxylic acids is 2. The van der Waals surface area contributed by atoms with Gasteiger partial charge in [0.15, 0.2) is 11.5 Å². The Kier molecular flexibility index (Phi) is 8.50. The fraction of sp³-hybridized carbons (Fsp3) is 0.364. The van der Waals surface area contributed by atoms with Gasteiger partial charge in [-0.05, 0) is 35.7 Å². The van der Waals surface area contributed by atoms with Crippen molar-refractivity contribution in [3.8, 4) is 17.2 Å². The normalized spacial score (nSPS) is 12.6. The predicted molar refractivity (Wildman–Crippen MR) is 114 cm³/mol. The third kappa shape index (κ3) is 5.43. The molecule has 0 heterocycles. The fourth-order valence-corrected chi connectivity index (χ4v) is 3.20. The minimum absolute atomic E-state index is 0.00677. The molecule has 0 amide bonds. The third-order valence-electron chi connectivity index (χ3n) is 4.85. The molecule has 0 bridgehead atoms. The lowest BCUT2D eigenvalue weighted by Gasteiger charge is -2.33. The monoisotopic (exact) mass is 435 g/mol. The van der Waals surface area contributed by atoms with Crippen molar-refractivity contribution < 1.29 is 28.5 Å². The van der Waals surface area contributed by atoms with Crippen molar-refractivity contribution in [1.29, 1.82) is 0 Å². The Labute approximate surface area is 181 Å². The topological polar surface area (TPSA) is 83.1 Å². The number of esters is 1. The fourth-order valence-electron chi connectivity index (χ4n) is 3.13. The molecule has 0 saturated heterocycles. The zero-order chi connectivity index (χ0) is 22.1. The summed E-state index contributed by atoms with van der Waals surface area (Å²) >= 11 is 5.53. The Hall–Kier alpha value is -2.77. The van der Waals surface area contributed by atoms with Crippen molar-refractivity contribution in [3.63, 3.8) is 0 Å². The van der Waals surface area contributed by atoms with Crippen LogP contribution in [0, 0.1) is 0 Å². The van der Waals surface area contributed by atoms with E-state index in [0.717, 1.165) is 5.56 Å². The van der Waals surface area contributed by atoms with Gasteiger partial charge in [0, 0.05) is 0 Å². The number of benzene rings is 2. The van der Waals surface area contributed by atoms with Crippen LogP contribution in [0.25, 0.3) is 0 Å². The van der Waals surface area contributed by atoms with Crippen LogP contribution in [0.15, 0.2) is 42.5 Å². The first-order valence-electron chi connectivity index (χ1n) is 9.36. The van der Waals surface area contributed by atoms with Gasteiger partial charge in [0.2, 0.25) is 11.0 Å². The van der Waals surface area contributed by atoms with Crippen LogP contribution >= 0.6 is 11.6 Å². The minimum atomic E-state index is -0.776. The Morgan fingerprint density at radius 1 is 1.00 bits per heavy atom. The summed E-state index contributed by atoms with van der Waals surface area (Å²) in [5, 5.41) is 2.61. The van der Waals surface area contributed by atoms with Crippen molar-refractivity contribution in [2.24, 2.45) is 0 Å². The van der Waals surface area contributed by atoms with Crippen LogP contribution in [-0.2, 0) is 15.1 Å². The van der Waals surface area contributed by atoms with E-state index in [0.29, 0.717) is 23.7 Å². The maximum absolute atomic E-state index is 12.8. The number of carbonyl (C=O) groups is 2. The molecule has 0 aliphatic heterocycles. The van der Waals surface area contributed by atoms with Crippen molar-refractivity contribution in [3.05, 3.63) is 53.6 Å². The molecule has 0 aliphatic carbocycles. The first-order valence-corrected chi connectivity index (χ1v) is 9.74. The molecule has 0 radical (unpaired) electrons. The van der Waals surface area contributed by atoms with Gasteiger partial charge in [-0.1, -0.05) is 37.3 Å². The first kappa shape index (κ1) is 23.5. The molecule has 0 spiro atoms. The predicted octanol–water partition coefficient (Wildman–Crippen LogP) is 3.53. The zero-order valence-corrected chi connectivity index (χ0v) is 18.2. The van der Waals surface area contributed by atoms with E-state index in [9.17, 15) is 9.59 Å². The Bertz CT molecular complexity index is 848. The van der Waals surface area contributed by atoms with Crippen molar-refractivity contribution in [2.45, 2.75) is 18.9 Å². The smallest absolute Gasteiger partial charge is 0.338 e. The summed E-state index contributed by atoms with van der Waals surface area (Å²) in [6, 6.07) is 12.5. The van der Waals surface area contributed by atoms with Crippen LogP contribution in [0.3, 0.4) is 0 Å². The molecule has 0 saturated carbocycles. The summed E-state index contributed by atoms with van der Waals surface area (Å²) in [7, 11) is 4.42. The molecule has 2 aromatic carbocycles. The highest BCUT2D eigenvalue weighted by molar-refractivity contribution is 6.64. The van der Waals surface area contributed by atoms with Gasteiger partial charge in [0.25, 0.3) is 0 Å². The summed E-state index contributed by atoms with van der Waals surface area (Å²) in [5.41, 5.74) is 0.348. The zero-order valence-electron chi connectivity index (χ0n) is 17.5. The number of ether oxygens (including phenoxy) is 4. The van der Waals surface area contributed by atoms with Crippen LogP contribution in [-0.4, -0.2) is 45.7 Å². The molecule has 0 aliphatic rings. The second-order valence-electron chi connectivity index (χ2n) is 6.50. The van der Waals surface area contributed by atoms with E-state index in [1.165, 1.54) is 33.5 Å². The summed E-state index contributed by atoms with van der Waals surface area (Å²) in [6.07, 6.45) is 0.559. The maximum atomic E-state index is 12.8. The minimum Gasteiger partial charge on any atom is -0.493 e. The van der Waals surface area contributed by atoms with Gasteiger partial charge in [-0.3, -0.25) is 10.1 Å². The summed E-state index contributed by atoms with van der Waals surface area (Å²) in [5.74, 6) is 0.506. The molecular weight excluding hydrogens is 410 g/mol. The molecule has 0 fully saturated rings. The van der Waals surface area contributed by atoms with E-state index in [2.05, 4.69) is 5.32 Å². The molecule has 0 aromatic heterocycles. The van der Waals surface area contributed by atoms with Crippen molar-refractivity contribution in [2.75, 3.05) is 34.5 Å². The molecule has 2 rings (SSSR count). The highest BCUT2D eigenvalue weighted by Crippen LogP contribution is 2.38. The van der Waals surface area contributed by atoms with Gasteiger partial charge in [0.05, 0.1) is 39.0 Å². The molecule has 2 aromatic rings. The molecule has 1 unspecified atom stereocenters. The van der Waals surface area contributed by atoms with Crippen LogP contribution in [0.2, 0.25) is 0 Å². The highest BCUT2D eigenvalue weighted by atomic mass is 35.5. The quantitative estimate of drug-likeness (QED) is 0.427. The average molecular weight is 436 g/mol. The van der Waals surface area contributed by atoms with Gasteiger partial charge < -0.3 is 18.9 Å². The van der Waals surface area contributed by atoms with Crippen LogP contribution in [0.1, 0.15) is 29.3 Å². The summed E-state index contributed by atoms with van der Waals surface area (Å²) < 4.78 is 21.5. The largest absolute Gasteiger partial charge is 0.493 e. The van der Waals surface area contributed by atoms with Crippen LogP contribution in [0.5, 0.6) is 17.2 Å². The van der Waals surface area contributed by atoms with E-state index < -0.39 is 16.8 Å².